The van der Waals surface area contributed by atoms with E-state index in [-0.39, 0.29) is 5.91 Å². The van der Waals surface area contributed by atoms with Gasteiger partial charge in [-0.1, -0.05) is 0 Å². The topological polar surface area (TPSA) is 32.3 Å². The zero-order chi connectivity index (χ0) is 11.5. The van der Waals surface area contributed by atoms with Crippen molar-refractivity contribution in [3.63, 3.8) is 0 Å². The molecular formula is C11H18F2N2O. The number of halogens is 2. The molecule has 1 aliphatic heterocycles. The van der Waals surface area contributed by atoms with Gasteiger partial charge in [0.15, 0.2) is 0 Å². The van der Waals surface area contributed by atoms with Gasteiger partial charge in [-0.3, -0.25) is 9.69 Å². The molecule has 0 radical (unpaired) electrons. The van der Waals surface area contributed by atoms with E-state index < -0.39 is 12.3 Å². The van der Waals surface area contributed by atoms with Crippen molar-refractivity contribution in [2.75, 3.05) is 19.6 Å². The fourth-order valence-corrected chi connectivity index (χ4v) is 2.07. The van der Waals surface area contributed by atoms with E-state index in [2.05, 4.69) is 5.32 Å². The minimum Gasteiger partial charge on any atom is -0.352 e. The van der Waals surface area contributed by atoms with E-state index in [9.17, 15) is 13.6 Å². The van der Waals surface area contributed by atoms with Crippen LogP contribution in [0.4, 0.5) is 8.78 Å². The molecule has 1 N–H and O–H groups in total. The zero-order valence-electron chi connectivity index (χ0n) is 9.29. The Balaban J connectivity index is 1.66. The number of nitrogens with zero attached hydrogens (tertiary/aromatic N) is 1. The molecule has 1 aliphatic carbocycles. The van der Waals surface area contributed by atoms with Gasteiger partial charge in [0.25, 0.3) is 0 Å². The molecule has 0 bridgehead atoms. The Morgan fingerprint density at radius 1 is 1.25 bits per heavy atom. The summed E-state index contributed by atoms with van der Waals surface area (Å²) in [4.78, 5) is 13.4. The molecule has 2 aliphatic rings. The first-order chi connectivity index (χ1) is 7.65. The molecule has 5 heteroatoms. The van der Waals surface area contributed by atoms with Crippen LogP contribution in [0.15, 0.2) is 0 Å². The zero-order valence-corrected chi connectivity index (χ0v) is 9.29. The van der Waals surface area contributed by atoms with Crippen molar-refractivity contribution in [1.29, 1.82) is 0 Å². The monoisotopic (exact) mass is 232 g/mol. The van der Waals surface area contributed by atoms with Crippen molar-refractivity contribution in [1.82, 2.24) is 10.2 Å². The van der Waals surface area contributed by atoms with Crippen molar-refractivity contribution in [2.24, 2.45) is 5.92 Å². The van der Waals surface area contributed by atoms with Crippen LogP contribution in [-0.4, -0.2) is 42.9 Å². The smallest absolute Gasteiger partial charge is 0.241 e. The standard InChI is InChI=1S/C11H18F2N2O/c12-11(13)8-3-5-15(6-4-8)7-10(16)14-9-1-2-9/h8-9,11H,1-7H2,(H,14,16). The van der Waals surface area contributed by atoms with Gasteiger partial charge < -0.3 is 5.32 Å². The number of rotatable bonds is 4. The second kappa shape index (κ2) is 5.08. The average Bonchev–Trinajstić information content (AvgIpc) is 3.02. The van der Waals surface area contributed by atoms with Gasteiger partial charge >= 0.3 is 0 Å². The Bertz CT molecular complexity index is 248. The van der Waals surface area contributed by atoms with Gasteiger partial charge in [-0.15, -0.1) is 0 Å². The van der Waals surface area contributed by atoms with Crippen molar-refractivity contribution < 1.29 is 13.6 Å². The van der Waals surface area contributed by atoms with Crippen LogP contribution in [0.2, 0.25) is 0 Å². The summed E-state index contributed by atoms with van der Waals surface area (Å²) in [7, 11) is 0. The Morgan fingerprint density at radius 3 is 2.38 bits per heavy atom. The van der Waals surface area contributed by atoms with E-state index in [1.54, 1.807) is 0 Å². The highest BCUT2D eigenvalue weighted by molar-refractivity contribution is 5.78. The third kappa shape index (κ3) is 3.40. The van der Waals surface area contributed by atoms with Crippen molar-refractivity contribution in [3.05, 3.63) is 0 Å². The lowest BCUT2D eigenvalue weighted by atomic mass is 9.97. The van der Waals surface area contributed by atoms with Crippen LogP contribution in [0, 0.1) is 5.92 Å². The molecule has 0 aromatic heterocycles. The van der Waals surface area contributed by atoms with Gasteiger partial charge in [0.05, 0.1) is 6.54 Å². The van der Waals surface area contributed by atoms with E-state index in [0.717, 1.165) is 12.8 Å². The Morgan fingerprint density at radius 2 is 1.88 bits per heavy atom. The Labute approximate surface area is 94.2 Å². The maximum Gasteiger partial charge on any atom is 0.241 e. The second-order valence-electron chi connectivity index (χ2n) is 4.79. The molecule has 0 unspecified atom stereocenters. The lowest BCUT2D eigenvalue weighted by Crippen LogP contribution is -2.42. The largest absolute Gasteiger partial charge is 0.352 e. The van der Waals surface area contributed by atoms with Crippen LogP contribution in [0.3, 0.4) is 0 Å². The summed E-state index contributed by atoms with van der Waals surface area (Å²) in [6.45, 7) is 1.60. The number of hydrogen-bond acceptors (Lipinski definition) is 2. The summed E-state index contributed by atoms with van der Waals surface area (Å²) < 4.78 is 24.8. The number of likely N-dealkylation sites (tertiary alicyclic amines) is 1. The maximum atomic E-state index is 12.4. The van der Waals surface area contributed by atoms with Crippen LogP contribution in [0.25, 0.3) is 0 Å². The molecule has 1 amide bonds. The lowest BCUT2D eigenvalue weighted by Gasteiger charge is -2.30. The van der Waals surface area contributed by atoms with E-state index in [1.807, 2.05) is 4.90 Å². The first-order valence-corrected chi connectivity index (χ1v) is 5.95. The first kappa shape index (κ1) is 11.8. The molecule has 16 heavy (non-hydrogen) atoms. The lowest BCUT2D eigenvalue weighted by molar-refractivity contribution is -0.122. The van der Waals surface area contributed by atoms with E-state index in [4.69, 9.17) is 0 Å². The summed E-state index contributed by atoms with van der Waals surface area (Å²) in [5.74, 6) is -0.430. The molecule has 1 saturated carbocycles. The predicted octanol–water partition coefficient (Wildman–Crippen LogP) is 1.24. The van der Waals surface area contributed by atoms with E-state index >= 15 is 0 Å². The molecule has 0 atom stereocenters. The van der Waals surface area contributed by atoms with Gasteiger partial charge in [0.2, 0.25) is 12.3 Å². The molecule has 0 spiro atoms. The number of piperidine rings is 1. The minimum atomic E-state index is -2.21. The predicted molar refractivity (Wildman–Crippen MR) is 56.3 cm³/mol. The van der Waals surface area contributed by atoms with E-state index in [1.165, 1.54) is 0 Å². The number of carbonyl (C=O) groups excluding carboxylic acids is 1. The summed E-state index contributed by atoms with van der Waals surface area (Å²) in [5.41, 5.74) is 0. The SMILES string of the molecule is O=C(CN1CCC(C(F)F)CC1)NC1CC1. The van der Waals surface area contributed by atoms with Crippen LogP contribution in [-0.2, 0) is 4.79 Å². The normalized spacial score (nSPS) is 23.7. The molecule has 2 rings (SSSR count). The third-order valence-electron chi connectivity index (χ3n) is 3.30. The molecule has 1 heterocycles. The van der Waals surface area contributed by atoms with Gasteiger partial charge in [0.1, 0.15) is 0 Å². The average molecular weight is 232 g/mol. The van der Waals surface area contributed by atoms with Gasteiger partial charge in [-0.2, -0.15) is 0 Å². The number of amides is 1. The molecule has 0 aromatic rings. The Kier molecular flexibility index (Phi) is 3.74. The molecule has 3 nitrogen and oxygen atoms in total. The van der Waals surface area contributed by atoms with E-state index in [0.29, 0.717) is 38.5 Å². The quantitative estimate of drug-likeness (QED) is 0.791. The number of carbonyl (C=O) groups is 1. The fraction of sp³-hybridized carbons (Fsp3) is 0.909. The number of nitrogens with one attached hydrogen (secondary N) is 1. The molecule has 2 fully saturated rings. The fourth-order valence-electron chi connectivity index (χ4n) is 2.07. The summed E-state index contributed by atoms with van der Waals surface area (Å²) in [6, 6.07) is 0.381. The maximum absolute atomic E-state index is 12.4. The van der Waals surface area contributed by atoms with Gasteiger partial charge in [-0.25, -0.2) is 8.78 Å². The number of hydrogen-bond donors (Lipinski definition) is 1. The third-order valence-corrected chi connectivity index (χ3v) is 3.30. The summed E-state index contributed by atoms with van der Waals surface area (Å²) >= 11 is 0. The second-order valence-corrected chi connectivity index (χ2v) is 4.79. The van der Waals surface area contributed by atoms with Gasteiger partial charge in [-0.05, 0) is 38.8 Å². The molecule has 92 valence electrons. The highest BCUT2D eigenvalue weighted by Gasteiger charge is 2.28. The molecule has 0 aromatic carbocycles. The summed E-state index contributed by atoms with van der Waals surface area (Å²) in [6.07, 6.45) is 0.976. The van der Waals surface area contributed by atoms with Crippen LogP contribution < -0.4 is 5.32 Å². The summed E-state index contributed by atoms with van der Waals surface area (Å²) in [5, 5.41) is 2.91. The molecular weight excluding hydrogens is 214 g/mol. The highest BCUT2D eigenvalue weighted by Crippen LogP contribution is 2.23. The van der Waals surface area contributed by atoms with Gasteiger partial charge in [0, 0.05) is 12.0 Å². The van der Waals surface area contributed by atoms with Crippen LogP contribution in [0.1, 0.15) is 25.7 Å². The minimum absolute atomic E-state index is 0.0398. The van der Waals surface area contributed by atoms with Crippen molar-refractivity contribution in [3.8, 4) is 0 Å². The van der Waals surface area contributed by atoms with Crippen molar-refractivity contribution in [2.45, 2.75) is 38.2 Å². The highest BCUT2D eigenvalue weighted by atomic mass is 19.3. The first-order valence-electron chi connectivity index (χ1n) is 5.95. The van der Waals surface area contributed by atoms with Crippen LogP contribution in [0.5, 0.6) is 0 Å². The van der Waals surface area contributed by atoms with Crippen LogP contribution >= 0.6 is 0 Å². The Hall–Kier alpha value is -0.710. The molecule has 1 saturated heterocycles. The van der Waals surface area contributed by atoms with Crippen molar-refractivity contribution >= 4 is 5.91 Å². The number of alkyl halides is 2.